The summed E-state index contributed by atoms with van der Waals surface area (Å²) >= 11 is 5.09. The lowest BCUT2D eigenvalue weighted by Crippen LogP contribution is -2.26. The molecule has 0 saturated heterocycles. The van der Waals surface area contributed by atoms with Crippen molar-refractivity contribution < 1.29 is 14.6 Å². The first-order valence-corrected chi connectivity index (χ1v) is 6.00. The van der Waals surface area contributed by atoms with Gasteiger partial charge in [0, 0.05) is 42.0 Å². The molecule has 2 atom stereocenters. The molecule has 19 heavy (non-hydrogen) atoms. The van der Waals surface area contributed by atoms with Gasteiger partial charge in [-0.2, -0.15) is 4.91 Å². The third kappa shape index (κ3) is 8.14. The molecule has 0 bridgehead atoms. The minimum Gasteiger partial charge on any atom is -0.281 e. The highest BCUT2D eigenvalue weighted by Crippen LogP contribution is 2.14. The average molecular weight is 296 g/mol. The summed E-state index contributed by atoms with van der Waals surface area (Å²) < 4.78 is 0. The molecule has 2 unspecified atom stereocenters. The molecule has 0 aromatic heterocycles. The Labute approximate surface area is 113 Å². The van der Waals surface area contributed by atoms with Crippen molar-refractivity contribution in [3.63, 3.8) is 0 Å². The van der Waals surface area contributed by atoms with E-state index in [4.69, 9.17) is 11.6 Å². The van der Waals surface area contributed by atoms with Crippen LogP contribution in [0.1, 0.15) is 32.1 Å². The summed E-state index contributed by atoms with van der Waals surface area (Å²) in [5.41, 5.74) is 0. The molecule has 0 fully saturated rings. The number of nitro groups is 2. The molecule has 0 aliphatic carbocycles. The Morgan fingerprint density at radius 2 is 1.53 bits per heavy atom. The second-order valence-corrected chi connectivity index (χ2v) is 4.41. The first kappa shape index (κ1) is 17.4. The molecule has 10 heteroatoms. The van der Waals surface area contributed by atoms with Crippen LogP contribution in [0.25, 0.3) is 0 Å². The fraction of sp³-hybridized carbons (Fsp3) is 0.889. The van der Waals surface area contributed by atoms with E-state index < -0.39 is 27.2 Å². The summed E-state index contributed by atoms with van der Waals surface area (Å²) in [5.74, 6) is 0. The standard InChI is InChI=1S/C9H14ClN3O6/c10-9(14)4-3-7(12(16)17)1-2-8(13(18)19)5-6-11-15/h7-8H,1-6H2. The predicted molar refractivity (Wildman–Crippen MR) is 66.2 cm³/mol. The van der Waals surface area contributed by atoms with Crippen molar-refractivity contribution in [1.29, 1.82) is 0 Å². The van der Waals surface area contributed by atoms with Crippen LogP contribution < -0.4 is 0 Å². The van der Waals surface area contributed by atoms with E-state index in [9.17, 15) is 29.9 Å². The van der Waals surface area contributed by atoms with Crippen molar-refractivity contribution in [3.8, 4) is 0 Å². The second kappa shape index (κ2) is 9.31. The van der Waals surface area contributed by atoms with E-state index in [0.717, 1.165) is 0 Å². The largest absolute Gasteiger partial charge is 0.281 e. The van der Waals surface area contributed by atoms with E-state index in [1.165, 1.54) is 0 Å². The number of carbonyl (C=O) groups excluding carboxylic acids is 1. The first-order chi connectivity index (χ1) is 8.88. The summed E-state index contributed by atoms with van der Waals surface area (Å²) in [6.07, 6.45) is -0.320. The van der Waals surface area contributed by atoms with Crippen LogP contribution >= 0.6 is 11.6 Å². The molecule has 0 amide bonds. The number of nitroso groups, excluding NO2 is 1. The van der Waals surface area contributed by atoms with Crippen LogP contribution in [0.4, 0.5) is 0 Å². The molecule has 0 saturated carbocycles. The van der Waals surface area contributed by atoms with Gasteiger partial charge in [0.2, 0.25) is 17.3 Å². The lowest BCUT2D eigenvalue weighted by Gasteiger charge is -2.10. The average Bonchev–Trinajstić information content (AvgIpc) is 2.31. The maximum atomic E-state index is 10.7. The normalized spacial score (nSPS) is 13.5. The molecule has 0 radical (unpaired) electrons. The SMILES string of the molecule is O=NCCC(CCC(CCC(=O)Cl)[N+](=O)[O-])[N+](=O)[O-]. The van der Waals surface area contributed by atoms with Gasteiger partial charge in [0.25, 0.3) is 0 Å². The zero-order valence-corrected chi connectivity index (χ0v) is 10.8. The minimum atomic E-state index is -1.05. The Bertz CT molecular complexity index is 351. The number of halogens is 1. The molecule has 0 spiro atoms. The molecule has 0 aliphatic rings. The quantitative estimate of drug-likeness (QED) is 0.247. The Balaban J connectivity index is 4.33. The summed E-state index contributed by atoms with van der Waals surface area (Å²) in [5, 5.41) is 23.2. The van der Waals surface area contributed by atoms with Crippen LogP contribution in [0.15, 0.2) is 5.18 Å². The monoisotopic (exact) mass is 295 g/mol. The third-order valence-corrected chi connectivity index (χ3v) is 2.85. The van der Waals surface area contributed by atoms with E-state index in [1.54, 1.807) is 0 Å². The number of hydrogen-bond acceptors (Lipinski definition) is 7. The fourth-order valence-electron chi connectivity index (χ4n) is 1.58. The van der Waals surface area contributed by atoms with Gasteiger partial charge < -0.3 is 0 Å². The zero-order valence-electron chi connectivity index (χ0n) is 10.1. The van der Waals surface area contributed by atoms with Crippen LogP contribution in [0.2, 0.25) is 0 Å². The maximum Gasteiger partial charge on any atom is 0.221 e. The highest BCUT2D eigenvalue weighted by molar-refractivity contribution is 6.63. The van der Waals surface area contributed by atoms with Crippen molar-refractivity contribution in [1.82, 2.24) is 0 Å². The van der Waals surface area contributed by atoms with Gasteiger partial charge in [-0.05, 0) is 11.6 Å². The van der Waals surface area contributed by atoms with E-state index in [1.807, 2.05) is 0 Å². The van der Waals surface area contributed by atoms with Gasteiger partial charge in [-0.3, -0.25) is 25.0 Å². The van der Waals surface area contributed by atoms with Crippen LogP contribution in [0, 0.1) is 25.1 Å². The number of nitrogens with zero attached hydrogens (tertiary/aromatic N) is 3. The topological polar surface area (TPSA) is 133 Å². The first-order valence-electron chi connectivity index (χ1n) is 5.63. The van der Waals surface area contributed by atoms with Crippen molar-refractivity contribution in [2.24, 2.45) is 5.18 Å². The Kier molecular flexibility index (Phi) is 8.51. The van der Waals surface area contributed by atoms with Crippen LogP contribution in [-0.2, 0) is 4.79 Å². The van der Waals surface area contributed by atoms with E-state index in [-0.39, 0.29) is 38.6 Å². The molecule has 108 valence electrons. The Morgan fingerprint density at radius 3 is 1.89 bits per heavy atom. The number of carbonyl (C=O) groups is 1. The van der Waals surface area contributed by atoms with Crippen LogP contribution in [-0.4, -0.2) is 33.7 Å². The van der Waals surface area contributed by atoms with E-state index in [0.29, 0.717) is 0 Å². The summed E-state index contributed by atoms with van der Waals surface area (Å²) in [6, 6.07) is -2.08. The second-order valence-electron chi connectivity index (χ2n) is 3.99. The van der Waals surface area contributed by atoms with Crippen molar-refractivity contribution in [2.75, 3.05) is 6.54 Å². The maximum absolute atomic E-state index is 10.7. The molecule has 0 N–H and O–H groups in total. The molecule has 0 aromatic carbocycles. The predicted octanol–water partition coefficient (Wildman–Crippen LogP) is 1.76. The number of hydrogen-bond donors (Lipinski definition) is 0. The van der Waals surface area contributed by atoms with E-state index >= 15 is 0 Å². The van der Waals surface area contributed by atoms with Crippen molar-refractivity contribution in [2.45, 2.75) is 44.2 Å². The van der Waals surface area contributed by atoms with Gasteiger partial charge in [0.05, 0.1) is 6.54 Å². The molecule has 0 rings (SSSR count). The van der Waals surface area contributed by atoms with Gasteiger partial charge in [0.1, 0.15) is 0 Å². The van der Waals surface area contributed by atoms with E-state index in [2.05, 4.69) is 5.18 Å². The van der Waals surface area contributed by atoms with Gasteiger partial charge in [-0.25, -0.2) is 0 Å². The summed E-state index contributed by atoms with van der Waals surface area (Å²) in [7, 11) is 0. The number of rotatable bonds is 11. The lowest BCUT2D eigenvalue weighted by molar-refractivity contribution is -0.538. The zero-order chi connectivity index (χ0) is 14.8. The van der Waals surface area contributed by atoms with Crippen molar-refractivity contribution >= 4 is 16.8 Å². The van der Waals surface area contributed by atoms with Gasteiger partial charge >= 0.3 is 0 Å². The third-order valence-electron chi connectivity index (χ3n) is 2.66. The fourth-order valence-corrected chi connectivity index (χ4v) is 1.69. The van der Waals surface area contributed by atoms with Gasteiger partial charge in [-0.15, -0.1) is 0 Å². The van der Waals surface area contributed by atoms with Crippen molar-refractivity contribution in [3.05, 3.63) is 25.1 Å². The van der Waals surface area contributed by atoms with Crippen LogP contribution in [0.5, 0.6) is 0 Å². The Hall–Kier alpha value is -1.64. The molecular weight excluding hydrogens is 282 g/mol. The smallest absolute Gasteiger partial charge is 0.221 e. The minimum absolute atomic E-state index is 0.0371. The van der Waals surface area contributed by atoms with Crippen LogP contribution in [0.3, 0.4) is 0 Å². The molecule has 0 aromatic rings. The summed E-state index contributed by atoms with van der Waals surface area (Å²) in [6.45, 7) is -0.199. The highest BCUT2D eigenvalue weighted by Gasteiger charge is 2.27. The molecular formula is C9H14ClN3O6. The lowest BCUT2D eigenvalue weighted by atomic mass is 10.0. The molecule has 0 aliphatic heterocycles. The van der Waals surface area contributed by atoms with Gasteiger partial charge in [0.15, 0.2) is 0 Å². The highest BCUT2D eigenvalue weighted by atomic mass is 35.5. The summed E-state index contributed by atoms with van der Waals surface area (Å²) in [4.78, 5) is 40.7. The Morgan fingerprint density at radius 1 is 1.05 bits per heavy atom. The molecule has 0 heterocycles. The van der Waals surface area contributed by atoms with Gasteiger partial charge in [-0.1, -0.05) is 5.18 Å². The molecule has 9 nitrogen and oxygen atoms in total.